The number of thiophene rings is 1. The van der Waals surface area contributed by atoms with E-state index < -0.39 is 0 Å². The number of hydrogen-bond acceptors (Lipinski definition) is 3. The van der Waals surface area contributed by atoms with Gasteiger partial charge in [0.1, 0.15) is 11.5 Å². The molecular weight excluding hydrogens is 783 g/mol. The number of fused-ring (bicyclic) bond motifs is 19. The fourth-order valence-electron chi connectivity index (χ4n) is 10.1. The van der Waals surface area contributed by atoms with E-state index in [1.54, 1.807) is 0 Å². The molecule has 294 valence electrons. The Hall–Kier alpha value is -7.98. The van der Waals surface area contributed by atoms with E-state index in [2.05, 4.69) is 223 Å². The van der Waals surface area contributed by atoms with Gasteiger partial charge in [0.05, 0.1) is 0 Å². The Bertz CT molecular complexity index is 3900. The molecule has 0 spiro atoms. The fourth-order valence-corrected chi connectivity index (χ4v) is 11.2. The Morgan fingerprint density at radius 2 is 0.746 bits per heavy atom. The number of ether oxygens (including phenoxy) is 1. The van der Waals surface area contributed by atoms with Gasteiger partial charge in [-0.2, -0.15) is 0 Å². The van der Waals surface area contributed by atoms with Crippen LogP contribution in [-0.4, -0.2) is 0 Å². The smallest absolute Gasteiger partial charge is 0.135 e. The summed E-state index contributed by atoms with van der Waals surface area (Å²) in [6, 6.07) is 82.0. The second kappa shape index (κ2) is 14.3. The number of hydrogen-bond donors (Lipinski definition) is 0. The molecule has 0 saturated heterocycles. The van der Waals surface area contributed by atoms with Gasteiger partial charge in [0.2, 0.25) is 0 Å². The second-order valence-electron chi connectivity index (χ2n) is 16.3. The summed E-state index contributed by atoms with van der Waals surface area (Å²) in [4.78, 5) is 2.39. The number of rotatable bonds is 3. The third kappa shape index (κ3) is 5.64. The van der Waals surface area contributed by atoms with Crippen molar-refractivity contribution in [2.75, 3.05) is 4.90 Å². The minimum Gasteiger partial charge on any atom is -0.456 e. The van der Waals surface area contributed by atoms with E-state index in [1.807, 2.05) is 17.4 Å². The van der Waals surface area contributed by atoms with E-state index in [0.717, 1.165) is 50.8 Å². The predicted octanol–water partition coefficient (Wildman–Crippen LogP) is 17.9. The zero-order chi connectivity index (χ0) is 41.4. The van der Waals surface area contributed by atoms with Gasteiger partial charge in [0.15, 0.2) is 0 Å². The number of para-hydroxylation sites is 2. The van der Waals surface area contributed by atoms with Crippen LogP contribution in [0.4, 0.5) is 17.1 Å². The average Bonchev–Trinajstić information content (AvgIpc) is 3.67. The van der Waals surface area contributed by atoms with Gasteiger partial charge >= 0.3 is 0 Å². The first-order chi connectivity index (χ1) is 31.3. The lowest BCUT2D eigenvalue weighted by molar-refractivity contribution is 0.488. The van der Waals surface area contributed by atoms with Crippen molar-refractivity contribution in [1.29, 1.82) is 0 Å². The van der Waals surface area contributed by atoms with Crippen LogP contribution in [0.2, 0.25) is 0 Å². The van der Waals surface area contributed by atoms with Gasteiger partial charge in [0, 0.05) is 48.4 Å². The van der Waals surface area contributed by atoms with E-state index >= 15 is 0 Å². The highest BCUT2D eigenvalue weighted by Gasteiger charge is 2.23. The molecule has 0 fully saturated rings. The summed E-state index contributed by atoms with van der Waals surface area (Å²) >= 11 is 1.88. The van der Waals surface area contributed by atoms with Gasteiger partial charge in [-0.05, 0) is 126 Å². The van der Waals surface area contributed by atoms with Crippen LogP contribution in [0.1, 0.15) is 0 Å². The van der Waals surface area contributed by atoms with Crippen LogP contribution in [0.15, 0.2) is 224 Å². The molecule has 1 aliphatic heterocycles. The van der Waals surface area contributed by atoms with Crippen LogP contribution in [0.5, 0.6) is 11.5 Å². The van der Waals surface area contributed by atoms with Gasteiger partial charge in [-0.15, -0.1) is 11.3 Å². The van der Waals surface area contributed by atoms with Gasteiger partial charge < -0.3 is 9.64 Å². The molecule has 63 heavy (non-hydrogen) atoms. The van der Waals surface area contributed by atoms with Crippen molar-refractivity contribution in [3.05, 3.63) is 224 Å². The third-order valence-corrected chi connectivity index (χ3v) is 14.0. The van der Waals surface area contributed by atoms with Gasteiger partial charge in [-0.1, -0.05) is 164 Å². The largest absolute Gasteiger partial charge is 0.456 e. The highest BCUT2D eigenvalue weighted by molar-refractivity contribution is 7.26. The van der Waals surface area contributed by atoms with Crippen molar-refractivity contribution in [2.24, 2.45) is 0 Å². The molecule has 11 aromatic carbocycles. The maximum Gasteiger partial charge on any atom is 0.135 e. The summed E-state index contributed by atoms with van der Waals surface area (Å²) in [7, 11) is 0. The van der Waals surface area contributed by atoms with Gasteiger partial charge in [-0.25, -0.2) is 0 Å². The predicted molar refractivity (Wildman–Crippen MR) is 270 cm³/mol. The number of nitrogens with zero attached hydrogens (tertiary/aromatic N) is 1. The quantitative estimate of drug-likeness (QED) is 0.176. The van der Waals surface area contributed by atoms with E-state index in [-0.39, 0.29) is 0 Å². The van der Waals surface area contributed by atoms with Crippen LogP contribution in [-0.2, 0) is 0 Å². The van der Waals surface area contributed by atoms with Crippen molar-refractivity contribution in [2.45, 2.75) is 0 Å². The maximum absolute atomic E-state index is 6.71. The van der Waals surface area contributed by atoms with Crippen LogP contribution in [0.3, 0.4) is 0 Å². The standard InChI is InChI=1S/C60H37NOS/c1-2-16-38(17-3-1)61(40-31-34-56-54(37-40)47-24-9-7-21-44(47)49-25-12-14-28-55(49)62-56)39-30-32-48-51-33-35-58-60(52-27-13-15-29-57(52)63-58)59(51)50-26-11-10-22-45(50)42-19-5-4-18-41(42)43-20-6-8-23-46(43)53(48)36-39/h1-37H. The Kier molecular flexibility index (Phi) is 8.12. The molecule has 13 rings (SSSR count). The molecule has 2 heterocycles. The summed E-state index contributed by atoms with van der Waals surface area (Å²) in [5.41, 5.74) is 7.64. The topological polar surface area (TPSA) is 12.5 Å². The molecule has 0 saturated carbocycles. The van der Waals surface area contributed by atoms with Crippen LogP contribution < -0.4 is 9.64 Å². The molecule has 3 heteroatoms. The number of anilines is 3. The van der Waals surface area contributed by atoms with Crippen molar-refractivity contribution >= 4 is 102 Å². The first-order valence-electron chi connectivity index (χ1n) is 21.5. The molecule has 0 radical (unpaired) electrons. The maximum atomic E-state index is 6.71. The molecule has 0 N–H and O–H groups in total. The Labute approximate surface area is 368 Å². The van der Waals surface area contributed by atoms with Crippen LogP contribution in [0.25, 0.3) is 96.3 Å². The van der Waals surface area contributed by atoms with Crippen molar-refractivity contribution in [1.82, 2.24) is 0 Å². The zero-order valence-corrected chi connectivity index (χ0v) is 34.9. The molecule has 0 amide bonds. The van der Waals surface area contributed by atoms with Crippen molar-refractivity contribution in [3.8, 4) is 33.8 Å². The molecule has 0 unspecified atom stereocenters. The minimum absolute atomic E-state index is 0.839. The molecule has 0 aliphatic carbocycles. The Morgan fingerprint density at radius 1 is 0.270 bits per heavy atom. The van der Waals surface area contributed by atoms with E-state index in [4.69, 9.17) is 4.74 Å². The van der Waals surface area contributed by atoms with E-state index in [9.17, 15) is 0 Å². The van der Waals surface area contributed by atoms with Crippen LogP contribution in [0, 0.1) is 0 Å². The summed E-state index contributed by atoms with van der Waals surface area (Å²) in [5.74, 6) is 1.70. The zero-order valence-electron chi connectivity index (χ0n) is 34.1. The second-order valence-corrected chi connectivity index (χ2v) is 17.4. The fraction of sp³-hybridized carbons (Fsp3) is 0. The molecule has 12 aromatic rings. The molecule has 1 aliphatic rings. The molecular formula is C60H37NOS. The summed E-state index contributed by atoms with van der Waals surface area (Å²) < 4.78 is 9.30. The van der Waals surface area contributed by atoms with Crippen molar-refractivity contribution in [3.63, 3.8) is 0 Å². The normalized spacial score (nSPS) is 11.9. The lowest BCUT2D eigenvalue weighted by atomic mass is 9.92. The molecule has 0 bridgehead atoms. The molecule has 2 nitrogen and oxygen atoms in total. The van der Waals surface area contributed by atoms with E-state index in [0.29, 0.717) is 0 Å². The Morgan fingerprint density at radius 3 is 1.48 bits per heavy atom. The first-order valence-corrected chi connectivity index (χ1v) is 22.3. The number of benzene rings is 10. The molecule has 0 atom stereocenters. The third-order valence-electron chi connectivity index (χ3n) is 12.9. The lowest BCUT2D eigenvalue weighted by Crippen LogP contribution is -2.10. The SMILES string of the molecule is c1ccc(N(c2ccc3c(c2)-c2ccccc2-c2ccccc2O3)c2ccc3c(c2)c2ccccc2c2ccccc2c2ccccc2c2c3ccc3sc4ccccc4c32)cc1. The van der Waals surface area contributed by atoms with Crippen molar-refractivity contribution < 1.29 is 4.74 Å². The first kappa shape index (κ1) is 35.7. The monoisotopic (exact) mass is 819 g/mol. The van der Waals surface area contributed by atoms with Gasteiger partial charge in [0.25, 0.3) is 0 Å². The summed E-state index contributed by atoms with van der Waals surface area (Å²) in [6.07, 6.45) is 0. The van der Waals surface area contributed by atoms with E-state index in [1.165, 1.54) is 74.0 Å². The average molecular weight is 820 g/mol. The van der Waals surface area contributed by atoms with Gasteiger partial charge in [-0.3, -0.25) is 0 Å². The summed E-state index contributed by atoms with van der Waals surface area (Å²) in [5, 5.41) is 14.8. The Balaban J connectivity index is 1.17. The molecule has 1 aromatic heterocycles. The highest BCUT2D eigenvalue weighted by atomic mass is 32.1. The summed E-state index contributed by atoms with van der Waals surface area (Å²) in [6.45, 7) is 0. The van der Waals surface area contributed by atoms with Crippen LogP contribution >= 0.6 is 11.3 Å². The minimum atomic E-state index is 0.839. The lowest BCUT2D eigenvalue weighted by Gasteiger charge is -2.27. The highest BCUT2D eigenvalue weighted by Crippen LogP contribution is 2.50.